The number of aryl methyl sites for hydroxylation is 2. The zero-order valence-corrected chi connectivity index (χ0v) is 11.9. The van der Waals surface area contributed by atoms with E-state index >= 15 is 0 Å². The van der Waals surface area contributed by atoms with Crippen LogP contribution in [-0.4, -0.2) is 60.5 Å². The molecule has 1 aliphatic heterocycles. The van der Waals surface area contributed by atoms with Gasteiger partial charge in [0.1, 0.15) is 5.75 Å². The highest BCUT2D eigenvalue weighted by molar-refractivity contribution is 5.99. The van der Waals surface area contributed by atoms with Crippen LogP contribution in [0.4, 0.5) is 0 Å². The number of benzene rings is 1. The summed E-state index contributed by atoms with van der Waals surface area (Å²) in [5.41, 5.74) is 2.34. The summed E-state index contributed by atoms with van der Waals surface area (Å²) in [5.74, 6) is 0.402. The van der Waals surface area contributed by atoms with E-state index in [1.165, 1.54) is 0 Å². The van der Waals surface area contributed by atoms with E-state index in [2.05, 4.69) is 16.8 Å². The van der Waals surface area contributed by atoms with E-state index in [-0.39, 0.29) is 11.5 Å². The fourth-order valence-corrected chi connectivity index (χ4v) is 2.40. The lowest BCUT2D eigenvalue weighted by molar-refractivity contribution is 0.0875. The molecule has 0 atom stereocenters. The van der Waals surface area contributed by atoms with Gasteiger partial charge in [-0.2, -0.15) is 0 Å². The minimum atomic E-state index is 0.144. The largest absolute Gasteiger partial charge is 0.508 e. The first-order valence-electron chi connectivity index (χ1n) is 6.71. The molecule has 1 heterocycles. The van der Waals surface area contributed by atoms with Crippen LogP contribution >= 0.6 is 0 Å². The maximum Gasteiger partial charge on any atom is 0.177 e. The molecule has 4 heteroatoms. The molecule has 104 valence electrons. The first kappa shape index (κ1) is 14.0. The second kappa shape index (κ2) is 5.72. The number of hydrogen-bond donors (Lipinski definition) is 1. The molecule has 0 bridgehead atoms. The summed E-state index contributed by atoms with van der Waals surface area (Å²) in [6.45, 7) is 8.08. The molecule has 0 amide bonds. The van der Waals surface area contributed by atoms with Gasteiger partial charge in [0.25, 0.3) is 0 Å². The Morgan fingerprint density at radius 1 is 1.16 bits per heavy atom. The highest BCUT2D eigenvalue weighted by Gasteiger charge is 2.19. The Bertz CT molecular complexity index is 477. The Kier molecular flexibility index (Phi) is 4.22. The summed E-state index contributed by atoms with van der Waals surface area (Å²) in [4.78, 5) is 16.8. The van der Waals surface area contributed by atoms with E-state index < -0.39 is 0 Å². The van der Waals surface area contributed by atoms with E-state index in [0.29, 0.717) is 6.54 Å². The van der Waals surface area contributed by atoms with E-state index in [1.807, 2.05) is 13.8 Å². The van der Waals surface area contributed by atoms with Gasteiger partial charge < -0.3 is 10.0 Å². The van der Waals surface area contributed by atoms with Gasteiger partial charge in [-0.25, -0.2) is 0 Å². The third-order valence-corrected chi connectivity index (χ3v) is 3.81. The predicted molar refractivity (Wildman–Crippen MR) is 75.8 cm³/mol. The SMILES string of the molecule is Cc1cc(C(=O)CN2CCN(C)CC2)c(C)cc1O. The molecule has 1 N–H and O–H groups in total. The standard InChI is InChI=1S/C15H22N2O2/c1-11-9-14(18)12(2)8-13(11)15(19)10-17-6-4-16(3)5-7-17/h8-9,18H,4-7,10H2,1-3H3. The number of nitrogens with zero attached hydrogens (tertiary/aromatic N) is 2. The summed E-state index contributed by atoms with van der Waals surface area (Å²) in [6.07, 6.45) is 0. The molecule has 4 nitrogen and oxygen atoms in total. The van der Waals surface area contributed by atoms with Crippen LogP contribution in [0, 0.1) is 13.8 Å². The van der Waals surface area contributed by atoms with Crippen LogP contribution in [0.5, 0.6) is 5.75 Å². The molecular formula is C15H22N2O2. The molecule has 0 unspecified atom stereocenters. The lowest BCUT2D eigenvalue weighted by Gasteiger charge is -2.31. The van der Waals surface area contributed by atoms with Gasteiger partial charge in [-0.05, 0) is 44.2 Å². The van der Waals surface area contributed by atoms with Gasteiger partial charge in [-0.3, -0.25) is 9.69 Å². The number of likely N-dealkylation sites (N-methyl/N-ethyl adjacent to an activating group) is 1. The van der Waals surface area contributed by atoms with Crippen molar-refractivity contribution >= 4 is 5.78 Å². The van der Waals surface area contributed by atoms with Crippen molar-refractivity contribution in [2.24, 2.45) is 0 Å². The Labute approximate surface area is 114 Å². The molecular weight excluding hydrogens is 240 g/mol. The third-order valence-electron chi connectivity index (χ3n) is 3.81. The van der Waals surface area contributed by atoms with E-state index in [4.69, 9.17) is 0 Å². The number of phenols is 1. The summed E-state index contributed by atoms with van der Waals surface area (Å²) >= 11 is 0. The van der Waals surface area contributed by atoms with Crippen LogP contribution in [0.3, 0.4) is 0 Å². The molecule has 1 fully saturated rings. The number of piperazine rings is 1. The van der Waals surface area contributed by atoms with E-state index in [9.17, 15) is 9.90 Å². The summed E-state index contributed by atoms with van der Waals surface area (Å²) in [6, 6.07) is 3.47. The molecule has 0 aromatic heterocycles. The van der Waals surface area contributed by atoms with Crippen LogP contribution in [0.1, 0.15) is 21.5 Å². The highest BCUT2D eigenvalue weighted by Crippen LogP contribution is 2.21. The van der Waals surface area contributed by atoms with Crippen LogP contribution in [0.15, 0.2) is 12.1 Å². The zero-order valence-electron chi connectivity index (χ0n) is 11.9. The lowest BCUT2D eigenvalue weighted by Crippen LogP contribution is -2.46. The number of hydrogen-bond acceptors (Lipinski definition) is 4. The quantitative estimate of drug-likeness (QED) is 0.837. The van der Waals surface area contributed by atoms with E-state index in [1.54, 1.807) is 12.1 Å². The van der Waals surface area contributed by atoms with Crippen LogP contribution in [0.2, 0.25) is 0 Å². The minimum absolute atomic E-state index is 0.144. The number of rotatable bonds is 3. The number of ketones is 1. The second-order valence-corrected chi connectivity index (χ2v) is 5.46. The van der Waals surface area contributed by atoms with Gasteiger partial charge in [0.05, 0.1) is 6.54 Å². The zero-order chi connectivity index (χ0) is 14.0. The Morgan fingerprint density at radius 3 is 2.42 bits per heavy atom. The van der Waals surface area contributed by atoms with Crippen molar-refractivity contribution in [2.45, 2.75) is 13.8 Å². The maximum atomic E-state index is 12.3. The summed E-state index contributed by atoms with van der Waals surface area (Å²) < 4.78 is 0. The van der Waals surface area contributed by atoms with Crippen molar-refractivity contribution in [3.63, 3.8) is 0 Å². The average Bonchev–Trinajstić information content (AvgIpc) is 2.36. The number of aromatic hydroxyl groups is 1. The maximum absolute atomic E-state index is 12.3. The summed E-state index contributed by atoms with van der Waals surface area (Å²) in [5, 5.41) is 9.63. The molecule has 0 aliphatic carbocycles. The molecule has 1 aliphatic rings. The van der Waals surface area contributed by atoms with Crippen molar-refractivity contribution in [3.05, 3.63) is 28.8 Å². The van der Waals surface area contributed by atoms with Crippen molar-refractivity contribution < 1.29 is 9.90 Å². The average molecular weight is 262 g/mol. The van der Waals surface area contributed by atoms with Crippen molar-refractivity contribution in [2.75, 3.05) is 39.8 Å². The van der Waals surface area contributed by atoms with Crippen molar-refractivity contribution in [1.29, 1.82) is 0 Å². The number of carbonyl (C=O) groups is 1. The Morgan fingerprint density at radius 2 is 1.79 bits per heavy atom. The smallest absolute Gasteiger partial charge is 0.177 e. The molecule has 1 saturated heterocycles. The van der Waals surface area contributed by atoms with Gasteiger partial charge >= 0.3 is 0 Å². The van der Waals surface area contributed by atoms with Crippen LogP contribution < -0.4 is 0 Å². The van der Waals surface area contributed by atoms with Gasteiger partial charge in [0, 0.05) is 31.7 Å². The predicted octanol–water partition coefficient (Wildman–Crippen LogP) is 1.44. The number of carbonyl (C=O) groups excluding carboxylic acids is 1. The molecule has 19 heavy (non-hydrogen) atoms. The van der Waals surface area contributed by atoms with Gasteiger partial charge in [0.15, 0.2) is 5.78 Å². The van der Waals surface area contributed by atoms with Crippen molar-refractivity contribution in [3.8, 4) is 5.75 Å². The van der Waals surface area contributed by atoms with Crippen LogP contribution in [0.25, 0.3) is 0 Å². The van der Waals surface area contributed by atoms with Gasteiger partial charge in [-0.1, -0.05) is 0 Å². The molecule has 0 saturated carbocycles. The number of phenolic OH excluding ortho intramolecular Hbond substituents is 1. The van der Waals surface area contributed by atoms with Gasteiger partial charge in [-0.15, -0.1) is 0 Å². The normalized spacial score (nSPS) is 17.6. The lowest BCUT2D eigenvalue weighted by atomic mass is 10.0. The topological polar surface area (TPSA) is 43.8 Å². The Balaban J connectivity index is 2.06. The minimum Gasteiger partial charge on any atom is -0.508 e. The highest BCUT2D eigenvalue weighted by atomic mass is 16.3. The first-order valence-corrected chi connectivity index (χ1v) is 6.71. The number of Topliss-reactive ketones (excluding diaryl/α,β-unsaturated/α-hetero) is 1. The molecule has 0 radical (unpaired) electrons. The molecule has 1 aromatic carbocycles. The Hall–Kier alpha value is -1.39. The first-order chi connectivity index (χ1) is 8.97. The molecule has 2 rings (SSSR count). The molecule has 1 aromatic rings. The fourth-order valence-electron chi connectivity index (χ4n) is 2.40. The van der Waals surface area contributed by atoms with Crippen LogP contribution in [-0.2, 0) is 0 Å². The fraction of sp³-hybridized carbons (Fsp3) is 0.533. The monoisotopic (exact) mass is 262 g/mol. The third kappa shape index (κ3) is 3.33. The van der Waals surface area contributed by atoms with E-state index in [0.717, 1.165) is 42.9 Å². The molecule has 0 spiro atoms. The summed E-state index contributed by atoms with van der Waals surface area (Å²) in [7, 11) is 2.10. The van der Waals surface area contributed by atoms with Gasteiger partial charge in [0.2, 0.25) is 0 Å². The van der Waals surface area contributed by atoms with Crippen molar-refractivity contribution in [1.82, 2.24) is 9.80 Å². The second-order valence-electron chi connectivity index (χ2n) is 5.46.